The Kier molecular flexibility index (Phi) is 4.77. The van der Waals surface area contributed by atoms with Crippen molar-refractivity contribution in [1.29, 1.82) is 0 Å². The molecule has 0 aromatic heterocycles. The third-order valence-corrected chi connectivity index (χ3v) is 4.06. The van der Waals surface area contributed by atoms with E-state index in [9.17, 15) is 10.1 Å². The van der Waals surface area contributed by atoms with Crippen LogP contribution in [0.1, 0.15) is 18.5 Å². The van der Waals surface area contributed by atoms with E-state index in [4.69, 9.17) is 0 Å². The molecule has 1 unspecified atom stereocenters. The number of anilines is 1. The summed E-state index contributed by atoms with van der Waals surface area (Å²) in [6, 6.07) is 12.5. The van der Waals surface area contributed by atoms with Gasteiger partial charge in [-0.25, -0.2) is 0 Å². The predicted molar refractivity (Wildman–Crippen MR) is 87.0 cm³/mol. The van der Waals surface area contributed by atoms with Crippen molar-refractivity contribution in [1.82, 2.24) is 0 Å². The molecule has 6 heteroatoms. The number of hydrogen-bond donors (Lipinski definition) is 1. The minimum atomic E-state index is -0.396. The van der Waals surface area contributed by atoms with Crippen LogP contribution in [0.4, 0.5) is 11.4 Å². The first-order valence-electron chi connectivity index (χ1n) is 5.93. The van der Waals surface area contributed by atoms with Gasteiger partial charge < -0.3 is 5.32 Å². The van der Waals surface area contributed by atoms with Gasteiger partial charge in [0.25, 0.3) is 5.69 Å². The fourth-order valence-corrected chi connectivity index (χ4v) is 2.97. The molecule has 4 nitrogen and oxygen atoms in total. The normalized spacial score (nSPS) is 11.9. The second kappa shape index (κ2) is 6.37. The first-order valence-corrected chi connectivity index (χ1v) is 7.52. The van der Waals surface area contributed by atoms with E-state index in [1.165, 1.54) is 12.1 Å². The summed E-state index contributed by atoms with van der Waals surface area (Å²) in [6.07, 6.45) is 0. The van der Waals surface area contributed by atoms with Crippen molar-refractivity contribution in [3.05, 3.63) is 67.1 Å². The van der Waals surface area contributed by atoms with Crippen LogP contribution in [-0.4, -0.2) is 4.92 Å². The first kappa shape index (κ1) is 15.0. The summed E-state index contributed by atoms with van der Waals surface area (Å²) in [4.78, 5) is 10.2. The quantitative estimate of drug-likeness (QED) is 0.561. The third kappa shape index (κ3) is 3.58. The van der Waals surface area contributed by atoms with Gasteiger partial charge in [-0.15, -0.1) is 0 Å². The molecule has 104 valence electrons. The lowest BCUT2D eigenvalue weighted by atomic mass is 10.1. The third-order valence-electron chi connectivity index (χ3n) is 2.91. The SMILES string of the molecule is CC(Nc1ccc(Br)cc1Br)c1ccc([N+](=O)[O-])cc1. The number of nitrogens with zero attached hydrogens (tertiary/aromatic N) is 1. The van der Waals surface area contributed by atoms with Crippen LogP contribution in [0.3, 0.4) is 0 Å². The van der Waals surface area contributed by atoms with Crippen LogP contribution in [-0.2, 0) is 0 Å². The van der Waals surface area contributed by atoms with Gasteiger partial charge in [-0.2, -0.15) is 0 Å². The van der Waals surface area contributed by atoms with Crippen LogP contribution in [0.25, 0.3) is 0 Å². The van der Waals surface area contributed by atoms with Crippen molar-refractivity contribution in [3.8, 4) is 0 Å². The highest BCUT2D eigenvalue weighted by atomic mass is 79.9. The summed E-state index contributed by atoms with van der Waals surface area (Å²) in [6.45, 7) is 2.01. The molecule has 2 aromatic rings. The highest BCUT2D eigenvalue weighted by Gasteiger charge is 2.10. The molecule has 0 aliphatic carbocycles. The van der Waals surface area contributed by atoms with Crippen molar-refractivity contribution in [2.24, 2.45) is 0 Å². The molecule has 0 fully saturated rings. The molecule has 0 aliphatic rings. The Hall–Kier alpha value is -1.40. The van der Waals surface area contributed by atoms with Gasteiger partial charge in [-0.3, -0.25) is 10.1 Å². The lowest BCUT2D eigenvalue weighted by Gasteiger charge is -2.17. The Morgan fingerprint density at radius 2 is 1.80 bits per heavy atom. The Bertz CT molecular complexity index is 630. The van der Waals surface area contributed by atoms with Crippen molar-refractivity contribution in [2.45, 2.75) is 13.0 Å². The summed E-state index contributed by atoms with van der Waals surface area (Å²) < 4.78 is 1.96. The van der Waals surface area contributed by atoms with Crippen molar-refractivity contribution >= 4 is 43.2 Å². The molecule has 2 rings (SSSR count). The van der Waals surface area contributed by atoms with Crippen LogP contribution in [0, 0.1) is 10.1 Å². The Labute approximate surface area is 133 Å². The van der Waals surface area contributed by atoms with Gasteiger partial charge in [0.2, 0.25) is 0 Å². The maximum absolute atomic E-state index is 10.6. The van der Waals surface area contributed by atoms with Gasteiger partial charge in [-0.1, -0.05) is 28.1 Å². The Balaban J connectivity index is 2.15. The van der Waals surface area contributed by atoms with Gasteiger partial charge in [-0.05, 0) is 46.6 Å². The summed E-state index contributed by atoms with van der Waals surface area (Å²) in [5.41, 5.74) is 2.07. The molecule has 0 amide bonds. The van der Waals surface area contributed by atoms with Gasteiger partial charge in [0.15, 0.2) is 0 Å². The number of hydrogen-bond acceptors (Lipinski definition) is 3. The molecular weight excluding hydrogens is 388 g/mol. The zero-order chi connectivity index (χ0) is 14.7. The number of nitro groups is 1. The van der Waals surface area contributed by atoms with E-state index in [0.29, 0.717) is 0 Å². The summed E-state index contributed by atoms with van der Waals surface area (Å²) in [7, 11) is 0. The standard InChI is InChI=1S/C14H12Br2N2O2/c1-9(10-2-5-12(6-3-10)18(19)20)17-14-7-4-11(15)8-13(14)16/h2-9,17H,1H3. The van der Waals surface area contributed by atoms with Crippen molar-refractivity contribution in [3.63, 3.8) is 0 Å². The van der Waals surface area contributed by atoms with E-state index in [1.807, 2.05) is 25.1 Å². The summed E-state index contributed by atoms with van der Waals surface area (Å²) >= 11 is 6.90. The average Bonchev–Trinajstić information content (AvgIpc) is 2.42. The maximum atomic E-state index is 10.6. The van der Waals surface area contributed by atoms with E-state index in [1.54, 1.807) is 12.1 Å². The van der Waals surface area contributed by atoms with E-state index < -0.39 is 4.92 Å². The van der Waals surface area contributed by atoms with Crippen LogP contribution in [0.15, 0.2) is 51.4 Å². The van der Waals surface area contributed by atoms with Crippen molar-refractivity contribution in [2.75, 3.05) is 5.32 Å². The van der Waals surface area contributed by atoms with Crippen LogP contribution >= 0.6 is 31.9 Å². The Morgan fingerprint density at radius 3 is 2.35 bits per heavy atom. The molecule has 0 bridgehead atoms. The van der Waals surface area contributed by atoms with Gasteiger partial charge in [0.1, 0.15) is 0 Å². The van der Waals surface area contributed by atoms with Crippen LogP contribution < -0.4 is 5.32 Å². The van der Waals surface area contributed by atoms with E-state index >= 15 is 0 Å². The van der Waals surface area contributed by atoms with E-state index in [0.717, 1.165) is 20.2 Å². The molecule has 0 radical (unpaired) electrons. The van der Waals surface area contributed by atoms with Crippen LogP contribution in [0.5, 0.6) is 0 Å². The van der Waals surface area contributed by atoms with Gasteiger partial charge in [0.05, 0.1) is 4.92 Å². The fourth-order valence-electron chi connectivity index (χ4n) is 1.81. The second-order valence-electron chi connectivity index (χ2n) is 4.34. The molecule has 20 heavy (non-hydrogen) atoms. The first-order chi connectivity index (χ1) is 9.47. The molecule has 0 saturated carbocycles. The molecule has 2 aromatic carbocycles. The highest BCUT2D eigenvalue weighted by molar-refractivity contribution is 9.11. The molecular formula is C14H12Br2N2O2. The lowest BCUT2D eigenvalue weighted by molar-refractivity contribution is -0.384. The summed E-state index contributed by atoms with van der Waals surface area (Å²) in [5.74, 6) is 0. The maximum Gasteiger partial charge on any atom is 0.269 e. The molecule has 0 aliphatic heterocycles. The largest absolute Gasteiger partial charge is 0.378 e. The van der Waals surface area contributed by atoms with Crippen LogP contribution in [0.2, 0.25) is 0 Å². The minimum absolute atomic E-state index is 0.0493. The number of halogens is 2. The zero-order valence-corrected chi connectivity index (χ0v) is 13.8. The monoisotopic (exact) mass is 398 g/mol. The molecule has 0 saturated heterocycles. The zero-order valence-electron chi connectivity index (χ0n) is 10.6. The number of benzene rings is 2. The molecule has 1 atom stereocenters. The van der Waals surface area contributed by atoms with E-state index in [2.05, 4.69) is 37.2 Å². The molecule has 0 spiro atoms. The van der Waals surface area contributed by atoms with Gasteiger partial charge >= 0.3 is 0 Å². The topological polar surface area (TPSA) is 55.2 Å². The van der Waals surface area contributed by atoms with Crippen molar-refractivity contribution < 1.29 is 4.92 Å². The smallest absolute Gasteiger partial charge is 0.269 e. The predicted octanol–water partition coefficient (Wildman–Crippen LogP) is 5.29. The summed E-state index contributed by atoms with van der Waals surface area (Å²) in [5, 5.41) is 14.0. The average molecular weight is 400 g/mol. The lowest BCUT2D eigenvalue weighted by Crippen LogP contribution is -2.07. The molecule has 0 heterocycles. The number of nitrogens with one attached hydrogen (secondary N) is 1. The van der Waals surface area contributed by atoms with Gasteiger partial charge in [0, 0.05) is 32.8 Å². The Morgan fingerprint density at radius 1 is 1.15 bits per heavy atom. The molecule has 1 N–H and O–H groups in total. The minimum Gasteiger partial charge on any atom is -0.378 e. The number of non-ortho nitro benzene ring substituents is 1. The van der Waals surface area contributed by atoms with E-state index in [-0.39, 0.29) is 11.7 Å². The number of rotatable bonds is 4. The highest BCUT2D eigenvalue weighted by Crippen LogP contribution is 2.29. The fraction of sp³-hybridized carbons (Fsp3) is 0.143. The number of nitro benzene ring substituents is 1. The second-order valence-corrected chi connectivity index (χ2v) is 6.11.